The fourth-order valence-corrected chi connectivity index (χ4v) is 2.51. The van der Waals surface area contributed by atoms with Gasteiger partial charge in [-0.3, -0.25) is 4.79 Å². The summed E-state index contributed by atoms with van der Waals surface area (Å²) in [4.78, 5) is 12.0. The van der Waals surface area contributed by atoms with Gasteiger partial charge in [-0.15, -0.1) is 0 Å². The second-order valence-corrected chi connectivity index (χ2v) is 5.61. The number of carbonyl (C=O) groups excluding carboxylic acids is 1. The van der Waals surface area contributed by atoms with Crippen molar-refractivity contribution in [2.45, 2.75) is 0 Å². The van der Waals surface area contributed by atoms with Crippen molar-refractivity contribution in [2.75, 3.05) is 6.61 Å². The third kappa shape index (κ3) is 3.72. The standard InChI is InChI=1S/C14H8BrCl2FO2/c15-11-6-9(18)2-4-14(11)20-7-13(19)10-3-1-8(16)5-12(10)17/h1-6H,7H2. The van der Waals surface area contributed by atoms with Crippen LogP contribution in [-0.2, 0) is 0 Å². The summed E-state index contributed by atoms with van der Waals surface area (Å²) in [6, 6.07) is 8.56. The number of carbonyl (C=O) groups is 1. The summed E-state index contributed by atoms with van der Waals surface area (Å²) >= 11 is 14.9. The number of hydrogen-bond acceptors (Lipinski definition) is 2. The van der Waals surface area contributed by atoms with E-state index in [0.29, 0.717) is 20.8 Å². The highest BCUT2D eigenvalue weighted by atomic mass is 79.9. The summed E-state index contributed by atoms with van der Waals surface area (Å²) in [5.74, 6) is -0.302. The minimum absolute atomic E-state index is 0.203. The zero-order valence-corrected chi connectivity index (χ0v) is 13.1. The lowest BCUT2D eigenvalue weighted by molar-refractivity contribution is 0.0921. The monoisotopic (exact) mass is 376 g/mol. The maximum absolute atomic E-state index is 12.9. The van der Waals surface area contributed by atoms with E-state index in [-0.39, 0.29) is 17.4 Å². The molecular weight excluding hydrogens is 370 g/mol. The molecule has 20 heavy (non-hydrogen) atoms. The summed E-state index contributed by atoms with van der Waals surface area (Å²) in [5.41, 5.74) is 0.328. The lowest BCUT2D eigenvalue weighted by atomic mass is 10.1. The van der Waals surface area contributed by atoms with Crippen molar-refractivity contribution in [2.24, 2.45) is 0 Å². The van der Waals surface area contributed by atoms with Crippen LogP contribution in [0.3, 0.4) is 0 Å². The molecule has 2 aromatic rings. The molecule has 2 rings (SSSR count). The Morgan fingerprint density at radius 2 is 1.95 bits per heavy atom. The quantitative estimate of drug-likeness (QED) is 0.688. The number of hydrogen-bond donors (Lipinski definition) is 0. The molecular formula is C14H8BrCl2FO2. The van der Waals surface area contributed by atoms with Crippen molar-refractivity contribution in [3.63, 3.8) is 0 Å². The van der Waals surface area contributed by atoms with Crippen molar-refractivity contribution >= 4 is 44.9 Å². The zero-order valence-electron chi connectivity index (χ0n) is 10.00. The first-order valence-electron chi connectivity index (χ1n) is 5.53. The van der Waals surface area contributed by atoms with E-state index in [2.05, 4.69) is 15.9 Å². The van der Waals surface area contributed by atoms with E-state index in [1.54, 1.807) is 6.07 Å². The predicted octanol–water partition coefficient (Wildman–Crippen LogP) is 5.16. The molecule has 0 aliphatic heterocycles. The van der Waals surface area contributed by atoms with Crippen LogP contribution in [0.25, 0.3) is 0 Å². The molecule has 0 fully saturated rings. The van der Waals surface area contributed by atoms with Crippen LogP contribution in [0.2, 0.25) is 10.0 Å². The Labute approximate surface area is 133 Å². The molecule has 0 amide bonds. The van der Waals surface area contributed by atoms with Crippen LogP contribution >= 0.6 is 39.1 Å². The van der Waals surface area contributed by atoms with Gasteiger partial charge in [0, 0.05) is 10.6 Å². The molecule has 2 nitrogen and oxygen atoms in total. The molecule has 0 bridgehead atoms. The number of ketones is 1. The van der Waals surface area contributed by atoms with E-state index in [0.717, 1.165) is 0 Å². The van der Waals surface area contributed by atoms with Gasteiger partial charge >= 0.3 is 0 Å². The lowest BCUT2D eigenvalue weighted by Gasteiger charge is -2.08. The Kier molecular flexibility index (Phi) is 5.02. The zero-order chi connectivity index (χ0) is 14.7. The first kappa shape index (κ1) is 15.3. The number of ether oxygens (including phenoxy) is 1. The molecule has 0 radical (unpaired) electrons. The fourth-order valence-electron chi connectivity index (χ4n) is 1.53. The smallest absolute Gasteiger partial charge is 0.201 e. The van der Waals surface area contributed by atoms with E-state index in [1.807, 2.05) is 0 Å². The van der Waals surface area contributed by atoms with Crippen molar-refractivity contribution in [3.05, 3.63) is 62.3 Å². The van der Waals surface area contributed by atoms with Crippen LogP contribution in [0, 0.1) is 5.82 Å². The minimum Gasteiger partial charge on any atom is -0.484 e. The highest BCUT2D eigenvalue weighted by Crippen LogP contribution is 2.26. The Morgan fingerprint density at radius 1 is 1.20 bits per heavy atom. The van der Waals surface area contributed by atoms with Gasteiger partial charge in [0.25, 0.3) is 0 Å². The molecule has 104 valence electrons. The van der Waals surface area contributed by atoms with E-state index in [4.69, 9.17) is 27.9 Å². The number of halogens is 4. The van der Waals surface area contributed by atoms with Crippen LogP contribution in [-0.4, -0.2) is 12.4 Å². The normalized spacial score (nSPS) is 10.4. The maximum Gasteiger partial charge on any atom is 0.201 e. The second-order valence-electron chi connectivity index (χ2n) is 3.91. The van der Waals surface area contributed by atoms with Crippen LogP contribution in [0.4, 0.5) is 4.39 Å². The van der Waals surface area contributed by atoms with E-state index >= 15 is 0 Å². The van der Waals surface area contributed by atoms with Crippen molar-refractivity contribution < 1.29 is 13.9 Å². The third-order valence-corrected chi connectivity index (χ3v) is 3.65. The van der Waals surface area contributed by atoms with Gasteiger partial charge in [0.1, 0.15) is 11.6 Å². The van der Waals surface area contributed by atoms with E-state index in [1.165, 1.54) is 30.3 Å². The molecule has 0 heterocycles. The summed E-state index contributed by atoms with van der Waals surface area (Å²) in [7, 11) is 0. The van der Waals surface area contributed by atoms with Gasteiger partial charge in [-0.25, -0.2) is 4.39 Å². The van der Waals surface area contributed by atoms with Gasteiger partial charge < -0.3 is 4.74 Å². The van der Waals surface area contributed by atoms with Crippen molar-refractivity contribution in [3.8, 4) is 5.75 Å². The average molecular weight is 378 g/mol. The summed E-state index contributed by atoms with van der Waals surface area (Å²) in [6.07, 6.45) is 0. The Hall–Kier alpha value is -1.10. The highest BCUT2D eigenvalue weighted by Gasteiger charge is 2.12. The minimum atomic E-state index is -0.392. The van der Waals surface area contributed by atoms with Crippen molar-refractivity contribution in [1.82, 2.24) is 0 Å². The van der Waals surface area contributed by atoms with Gasteiger partial charge in [0.05, 0.1) is 9.50 Å². The van der Waals surface area contributed by atoms with Gasteiger partial charge in [0.15, 0.2) is 6.61 Å². The lowest BCUT2D eigenvalue weighted by Crippen LogP contribution is -2.12. The number of benzene rings is 2. The molecule has 0 saturated heterocycles. The van der Waals surface area contributed by atoms with Crippen molar-refractivity contribution in [1.29, 1.82) is 0 Å². The number of Topliss-reactive ketones (excluding diaryl/α,β-unsaturated/α-hetero) is 1. The average Bonchev–Trinajstić information content (AvgIpc) is 2.37. The molecule has 0 aliphatic rings. The SMILES string of the molecule is O=C(COc1ccc(F)cc1Br)c1ccc(Cl)cc1Cl. The van der Waals surface area contributed by atoms with Gasteiger partial charge in [-0.2, -0.15) is 0 Å². The Bertz CT molecular complexity index is 662. The molecule has 0 unspecified atom stereocenters. The van der Waals surface area contributed by atoms with Gasteiger partial charge in [-0.1, -0.05) is 23.2 Å². The molecule has 2 aromatic carbocycles. The van der Waals surface area contributed by atoms with E-state index < -0.39 is 5.82 Å². The molecule has 0 aromatic heterocycles. The van der Waals surface area contributed by atoms with Crippen LogP contribution in [0.5, 0.6) is 5.75 Å². The Balaban J connectivity index is 2.08. The molecule has 0 N–H and O–H groups in total. The second kappa shape index (κ2) is 6.57. The Morgan fingerprint density at radius 3 is 2.60 bits per heavy atom. The van der Waals surface area contributed by atoms with Gasteiger partial charge in [0.2, 0.25) is 5.78 Å². The maximum atomic E-state index is 12.9. The number of rotatable bonds is 4. The summed E-state index contributed by atoms with van der Waals surface area (Å²) in [5, 5.41) is 0.720. The first-order valence-corrected chi connectivity index (χ1v) is 7.08. The van der Waals surface area contributed by atoms with Crippen LogP contribution in [0.15, 0.2) is 40.9 Å². The molecule has 0 aliphatic carbocycles. The summed E-state index contributed by atoms with van der Waals surface area (Å²) in [6.45, 7) is -0.203. The molecule has 0 spiro atoms. The van der Waals surface area contributed by atoms with Crippen LogP contribution < -0.4 is 4.74 Å². The predicted molar refractivity (Wildman–Crippen MR) is 80.4 cm³/mol. The first-order chi connectivity index (χ1) is 9.47. The van der Waals surface area contributed by atoms with Crippen LogP contribution in [0.1, 0.15) is 10.4 Å². The van der Waals surface area contributed by atoms with E-state index in [9.17, 15) is 9.18 Å². The molecule has 0 saturated carbocycles. The summed E-state index contributed by atoms with van der Waals surface area (Å²) < 4.78 is 18.7. The largest absolute Gasteiger partial charge is 0.484 e. The third-order valence-electron chi connectivity index (χ3n) is 2.48. The topological polar surface area (TPSA) is 26.3 Å². The highest BCUT2D eigenvalue weighted by molar-refractivity contribution is 9.10. The molecule has 6 heteroatoms. The fraction of sp³-hybridized carbons (Fsp3) is 0.0714. The molecule has 0 atom stereocenters. The van der Waals surface area contributed by atoms with Gasteiger partial charge in [-0.05, 0) is 52.3 Å².